The average Bonchev–Trinajstić information content (AvgIpc) is 3.66. The van der Waals surface area contributed by atoms with Gasteiger partial charge in [-0.05, 0) is 62.1 Å². The van der Waals surface area contributed by atoms with E-state index in [0.29, 0.717) is 23.7 Å². The SMILES string of the molecule is CS(=O)(=O)Nc1cccc(-c2cc3c(-c4ccnc(NC5CCCC5)n4)ccc(NC4CCCC4)n3n2)c1. The van der Waals surface area contributed by atoms with Gasteiger partial charge < -0.3 is 10.6 Å². The molecule has 0 atom stereocenters. The number of nitrogens with zero attached hydrogens (tertiary/aromatic N) is 4. The second-order valence-corrected chi connectivity index (χ2v) is 12.2. The molecule has 2 saturated carbocycles. The standard InChI is InChI=1S/C28H33N7O2S/c1-38(36,37)34-22-12-6-7-19(17-22)25-18-26-23(13-14-27(35(26)33-25)30-20-8-2-3-9-20)24-15-16-29-28(32-24)31-21-10-4-5-11-21/h6-7,12-18,20-21,30,34H,2-5,8-11H2,1H3,(H,29,31,32). The maximum absolute atomic E-state index is 11.8. The van der Waals surface area contributed by atoms with Crippen molar-refractivity contribution in [1.29, 1.82) is 0 Å². The van der Waals surface area contributed by atoms with Crippen LogP contribution in [0.25, 0.3) is 28.0 Å². The van der Waals surface area contributed by atoms with Crippen LogP contribution in [0.3, 0.4) is 0 Å². The van der Waals surface area contributed by atoms with E-state index in [1.54, 1.807) is 18.3 Å². The number of aromatic nitrogens is 4. The minimum Gasteiger partial charge on any atom is -0.367 e. The lowest BCUT2D eigenvalue weighted by atomic mass is 10.1. The fraction of sp³-hybridized carbons (Fsp3) is 0.393. The highest BCUT2D eigenvalue weighted by molar-refractivity contribution is 7.92. The van der Waals surface area contributed by atoms with Gasteiger partial charge in [-0.25, -0.2) is 22.9 Å². The van der Waals surface area contributed by atoms with Gasteiger partial charge >= 0.3 is 0 Å². The summed E-state index contributed by atoms with van der Waals surface area (Å²) in [5.41, 5.74) is 4.80. The van der Waals surface area contributed by atoms with Gasteiger partial charge in [-0.1, -0.05) is 37.8 Å². The number of hydrogen-bond acceptors (Lipinski definition) is 7. The van der Waals surface area contributed by atoms with Crippen LogP contribution in [-0.2, 0) is 10.0 Å². The van der Waals surface area contributed by atoms with Gasteiger partial charge in [-0.15, -0.1) is 0 Å². The molecule has 6 rings (SSSR count). The van der Waals surface area contributed by atoms with Gasteiger partial charge in [-0.3, -0.25) is 4.72 Å². The second-order valence-electron chi connectivity index (χ2n) is 10.4. The van der Waals surface area contributed by atoms with Crippen molar-refractivity contribution in [2.75, 3.05) is 21.6 Å². The van der Waals surface area contributed by atoms with Crippen molar-refractivity contribution in [1.82, 2.24) is 19.6 Å². The highest BCUT2D eigenvalue weighted by Crippen LogP contribution is 2.32. The van der Waals surface area contributed by atoms with Crippen molar-refractivity contribution < 1.29 is 8.42 Å². The minimum atomic E-state index is -3.38. The highest BCUT2D eigenvalue weighted by Gasteiger charge is 2.20. The first kappa shape index (κ1) is 24.7. The number of rotatable bonds is 8. The molecule has 3 aromatic heterocycles. The van der Waals surface area contributed by atoms with Gasteiger partial charge in [-0.2, -0.15) is 5.10 Å². The zero-order valence-electron chi connectivity index (χ0n) is 21.5. The first-order valence-corrected chi connectivity index (χ1v) is 15.3. The highest BCUT2D eigenvalue weighted by atomic mass is 32.2. The Bertz CT molecular complexity index is 1550. The largest absolute Gasteiger partial charge is 0.367 e. The molecule has 0 amide bonds. The summed E-state index contributed by atoms with van der Waals surface area (Å²) in [5.74, 6) is 1.59. The summed E-state index contributed by atoms with van der Waals surface area (Å²) < 4.78 is 28.1. The van der Waals surface area contributed by atoms with Crippen molar-refractivity contribution >= 4 is 33.0 Å². The molecule has 4 aromatic rings. The van der Waals surface area contributed by atoms with E-state index >= 15 is 0 Å². The van der Waals surface area contributed by atoms with E-state index in [1.807, 2.05) is 28.8 Å². The lowest BCUT2D eigenvalue weighted by Gasteiger charge is -2.16. The maximum Gasteiger partial charge on any atom is 0.229 e. The molecule has 0 bridgehead atoms. The van der Waals surface area contributed by atoms with Gasteiger partial charge in [0.2, 0.25) is 16.0 Å². The van der Waals surface area contributed by atoms with E-state index in [1.165, 1.54) is 25.7 Å². The molecule has 2 aliphatic rings. The molecule has 3 N–H and O–H groups in total. The number of hydrogen-bond donors (Lipinski definition) is 3. The molecule has 38 heavy (non-hydrogen) atoms. The van der Waals surface area contributed by atoms with Crippen LogP contribution in [0, 0.1) is 0 Å². The molecule has 0 spiro atoms. The quantitative estimate of drug-likeness (QED) is 0.274. The summed E-state index contributed by atoms with van der Waals surface area (Å²) in [6.45, 7) is 0. The van der Waals surface area contributed by atoms with E-state index in [0.717, 1.165) is 65.8 Å². The third kappa shape index (κ3) is 5.45. The number of pyridine rings is 1. The van der Waals surface area contributed by atoms with Crippen LogP contribution in [-0.4, -0.2) is 46.3 Å². The van der Waals surface area contributed by atoms with E-state index in [-0.39, 0.29) is 0 Å². The molecule has 1 aromatic carbocycles. The Hall–Kier alpha value is -3.66. The van der Waals surface area contributed by atoms with Crippen molar-refractivity contribution in [3.8, 4) is 22.5 Å². The number of benzene rings is 1. The average molecular weight is 532 g/mol. The molecule has 2 fully saturated rings. The molecule has 3 heterocycles. The van der Waals surface area contributed by atoms with Crippen molar-refractivity contribution in [2.45, 2.75) is 63.5 Å². The summed E-state index contributed by atoms with van der Waals surface area (Å²) >= 11 is 0. The minimum absolute atomic E-state index is 0.428. The third-order valence-electron chi connectivity index (χ3n) is 7.41. The summed E-state index contributed by atoms with van der Waals surface area (Å²) in [4.78, 5) is 9.34. The van der Waals surface area contributed by atoms with E-state index in [4.69, 9.17) is 10.1 Å². The van der Waals surface area contributed by atoms with Gasteiger partial charge in [0.15, 0.2) is 0 Å². The molecular weight excluding hydrogens is 498 g/mol. The first-order valence-electron chi connectivity index (χ1n) is 13.4. The number of fused-ring (bicyclic) bond motifs is 1. The molecule has 0 radical (unpaired) electrons. The van der Waals surface area contributed by atoms with Crippen molar-refractivity contribution in [2.24, 2.45) is 0 Å². The molecule has 198 valence electrons. The normalized spacial score (nSPS) is 16.8. The Balaban J connectivity index is 1.41. The predicted molar refractivity (Wildman–Crippen MR) is 152 cm³/mol. The summed E-state index contributed by atoms with van der Waals surface area (Å²) in [7, 11) is -3.38. The maximum atomic E-state index is 11.8. The number of nitrogens with one attached hydrogen (secondary N) is 3. The van der Waals surface area contributed by atoms with Crippen molar-refractivity contribution in [3.05, 3.63) is 54.7 Å². The van der Waals surface area contributed by atoms with Crippen LogP contribution in [0.4, 0.5) is 17.5 Å². The van der Waals surface area contributed by atoms with Gasteiger partial charge in [0, 0.05) is 35.1 Å². The lowest BCUT2D eigenvalue weighted by Crippen LogP contribution is -2.17. The predicted octanol–water partition coefficient (Wildman–Crippen LogP) is 5.54. The smallest absolute Gasteiger partial charge is 0.229 e. The topological polar surface area (TPSA) is 113 Å². The second kappa shape index (κ2) is 10.2. The fourth-order valence-corrected chi connectivity index (χ4v) is 6.16. The zero-order chi connectivity index (χ0) is 26.1. The number of anilines is 3. The molecule has 0 unspecified atom stereocenters. The lowest BCUT2D eigenvalue weighted by molar-refractivity contribution is 0.607. The molecule has 9 nitrogen and oxygen atoms in total. The van der Waals surface area contributed by atoms with Crippen LogP contribution in [0.2, 0.25) is 0 Å². The molecule has 0 saturated heterocycles. The molecule has 0 aliphatic heterocycles. The van der Waals surface area contributed by atoms with Gasteiger partial charge in [0.25, 0.3) is 0 Å². The fourth-order valence-electron chi connectivity index (χ4n) is 5.61. The Morgan fingerprint density at radius 3 is 2.34 bits per heavy atom. The van der Waals surface area contributed by atoms with Crippen LogP contribution in [0.15, 0.2) is 54.7 Å². The van der Waals surface area contributed by atoms with E-state index in [2.05, 4.69) is 32.5 Å². The van der Waals surface area contributed by atoms with Crippen LogP contribution in [0.5, 0.6) is 0 Å². The summed E-state index contributed by atoms with van der Waals surface area (Å²) in [5, 5.41) is 12.2. The van der Waals surface area contributed by atoms with Crippen LogP contribution < -0.4 is 15.4 Å². The van der Waals surface area contributed by atoms with Crippen LogP contribution in [0.1, 0.15) is 51.4 Å². The van der Waals surface area contributed by atoms with Gasteiger partial charge in [0.1, 0.15) is 5.82 Å². The van der Waals surface area contributed by atoms with Crippen molar-refractivity contribution in [3.63, 3.8) is 0 Å². The van der Waals surface area contributed by atoms with E-state index < -0.39 is 10.0 Å². The molecule has 10 heteroatoms. The Labute approximate surface area is 223 Å². The summed E-state index contributed by atoms with van der Waals surface area (Å²) in [6.07, 6.45) is 12.5. The Kier molecular flexibility index (Phi) is 6.65. The number of sulfonamides is 1. The van der Waals surface area contributed by atoms with Crippen LogP contribution >= 0.6 is 0 Å². The third-order valence-corrected chi connectivity index (χ3v) is 8.02. The monoisotopic (exact) mass is 531 g/mol. The van der Waals surface area contributed by atoms with Gasteiger partial charge in [0.05, 0.1) is 23.2 Å². The Morgan fingerprint density at radius 2 is 1.61 bits per heavy atom. The molecule has 2 aliphatic carbocycles. The molecular formula is C28H33N7O2S. The first-order chi connectivity index (χ1) is 18.4. The van der Waals surface area contributed by atoms with E-state index in [9.17, 15) is 8.42 Å². The zero-order valence-corrected chi connectivity index (χ0v) is 22.3. The summed E-state index contributed by atoms with van der Waals surface area (Å²) in [6, 6.07) is 16.3. The Morgan fingerprint density at radius 1 is 0.868 bits per heavy atom.